The number of nitro groups is 1. The Bertz CT molecular complexity index is 288. The monoisotopic (exact) mass is 287 g/mol. The fraction of sp³-hybridized carbons (Fsp3) is 0. The molecule has 0 amide bonds. The minimum absolute atomic E-state index is 0.0511. The molecule has 0 radical (unpaired) electrons. The standard InChI is InChI=1S/C6H4F2INO2/c7-9(8)5-1-3-6(4-2-5)10(11)12/h1-4H. The van der Waals surface area contributed by atoms with E-state index in [9.17, 15) is 15.8 Å². The van der Waals surface area contributed by atoms with E-state index in [0.29, 0.717) is 0 Å². The zero-order chi connectivity index (χ0) is 9.14. The van der Waals surface area contributed by atoms with Crippen LogP contribution >= 0.6 is 21.0 Å². The molecule has 0 unspecified atom stereocenters. The quantitative estimate of drug-likeness (QED) is 0.476. The molecule has 0 saturated carbocycles. The molecule has 12 heavy (non-hydrogen) atoms. The molecule has 0 saturated heterocycles. The molecule has 3 nitrogen and oxygen atoms in total. The zero-order valence-corrected chi connectivity index (χ0v) is 7.86. The van der Waals surface area contributed by atoms with Crippen molar-refractivity contribution in [3.05, 3.63) is 37.9 Å². The van der Waals surface area contributed by atoms with Gasteiger partial charge in [-0.25, -0.2) is 0 Å². The van der Waals surface area contributed by atoms with Crippen LogP contribution in [0.2, 0.25) is 0 Å². The molecule has 66 valence electrons. The molecule has 1 aromatic rings. The molecule has 0 spiro atoms. The number of rotatable bonds is 2. The van der Waals surface area contributed by atoms with Gasteiger partial charge in [0.1, 0.15) is 0 Å². The molecule has 6 heteroatoms. The Morgan fingerprint density at radius 1 is 1.25 bits per heavy atom. The van der Waals surface area contributed by atoms with Crippen LogP contribution in [0.4, 0.5) is 11.4 Å². The van der Waals surface area contributed by atoms with Crippen LogP contribution in [-0.4, -0.2) is 4.92 Å². The van der Waals surface area contributed by atoms with E-state index < -0.39 is 25.9 Å². The Labute approximate surface area is 75.5 Å². The summed E-state index contributed by atoms with van der Waals surface area (Å²) < 4.78 is 24.1. The first-order valence-corrected chi connectivity index (χ1v) is 5.59. The molecule has 0 fully saturated rings. The maximum atomic E-state index is 12.1. The van der Waals surface area contributed by atoms with Crippen molar-refractivity contribution in [2.45, 2.75) is 0 Å². The first-order chi connectivity index (χ1) is 5.61. The molecular formula is C6H4F2INO2. The minimum atomic E-state index is -3.96. The van der Waals surface area contributed by atoms with E-state index in [1.165, 1.54) is 0 Å². The third-order valence-corrected chi connectivity index (χ3v) is 2.86. The van der Waals surface area contributed by atoms with Crippen molar-refractivity contribution >= 4 is 26.7 Å². The number of non-ortho nitro benzene ring substituents is 1. The van der Waals surface area contributed by atoms with Gasteiger partial charge < -0.3 is 0 Å². The number of hydrogen-bond acceptors (Lipinski definition) is 2. The molecule has 0 N–H and O–H groups in total. The fourth-order valence-corrected chi connectivity index (χ4v) is 1.56. The van der Waals surface area contributed by atoms with Crippen molar-refractivity contribution in [3.8, 4) is 0 Å². The Hall–Kier alpha value is -0.790. The van der Waals surface area contributed by atoms with E-state index in [2.05, 4.69) is 0 Å². The summed E-state index contributed by atoms with van der Waals surface area (Å²) in [7, 11) is 0. The van der Waals surface area contributed by atoms with E-state index in [4.69, 9.17) is 0 Å². The second-order valence-electron chi connectivity index (χ2n) is 1.93. The van der Waals surface area contributed by atoms with E-state index in [-0.39, 0.29) is 9.26 Å². The van der Waals surface area contributed by atoms with Gasteiger partial charge >= 0.3 is 75.2 Å². The van der Waals surface area contributed by atoms with Crippen LogP contribution in [-0.2, 0) is 0 Å². The second kappa shape index (κ2) is 3.74. The third-order valence-electron chi connectivity index (χ3n) is 1.20. The first-order valence-electron chi connectivity index (χ1n) is 2.88. The predicted molar refractivity (Wildman–Crippen MR) is 48.0 cm³/mol. The normalized spacial score (nSPS) is 11.0. The van der Waals surface area contributed by atoms with Crippen LogP contribution in [0.15, 0.2) is 24.3 Å². The van der Waals surface area contributed by atoms with E-state index in [0.717, 1.165) is 24.3 Å². The molecule has 0 atom stereocenters. The van der Waals surface area contributed by atoms with Crippen molar-refractivity contribution in [1.82, 2.24) is 0 Å². The maximum absolute atomic E-state index is 12.1. The molecule has 0 aromatic heterocycles. The van der Waals surface area contributed by atoms with Crippen molar-refractivity contribution in [3.63, 3.8) is 0 Å². The Balaban J connectivity index is 2.93. The van der Waals surface area contributed by atoms with Gasteiger partial charge in [-0.3, -0.25) is 0 Å². The summed E-state index contributed by atoms with van der Waals surface area (Å²) in [6.07, 6.45) is 0. The van der Waals surface area contributed by atoms with Gasteiger partial charge in [0.2, 0.25) is 0 Å². The van der Waals surface area contributed by atoms with Gasteiger partial charge in [0.25, 0.3) is 0 Å². The summed E-state index contributed by atoms with van der Waals surface area (Å²) in [6.45, 7) is 0. The van der Waals surface area contributed by atoms with Crippen molar-refractivity contribution in [2.75, 3.05) is 0 Å². The average molecular weight is 287 g/mol. The summed E-state index contributed by atoms with van der Waals surface area (Å²) >= 11 is -3.96. The van der Waals surface area contributed by atoms with E-state index in [1.807, 2.05) is 0 Å². The van der Waals surface area contributed by atoms with E-state index in [1.54, 1.807) is 0 Å². The van der Waals surface area contributed by atoms with Crippen LogP contribution in [0.1, 0.15) is 0 Å². The third kappa shape index (κ3) is 2.10. The van der Waals surface area contributed by atoms with Gasteiger partial charge in [-0.1, -0.05) is 0 Å². The molecule has 0 heterocycles. The van der Waals surface area contributed by atoms with Crippen LogP contribution < -0.4 is 0 Å². The van der Waals surface area contributed by atoms with Crippen molar-refractivity contribution < 1.29 is 10.6 Å². The number of hydrogen-bond donors (Lipinski definition) is 0. The SMILES string of the molecule is O=[N+]([O-])c1ccc(I(F)F)cc1. The van der Waals surface area contributed by atoms with Gasteiger partial charge in [-0.05, 0) is 0 Å². The molecule has 1 rings (SSSR count). The van der Waals surface area contributed by atoms with E-state index >= 15 is 0 Å². The fourth-order valence-electron chi connectivity index (χ4n) is 0.658. The summed E-state index contributed by atoms with van der Waals surface area (Å²) in [5.74, 6) is 0. The zero-order valence-electron chi connectivity index (χ0n) is 5.71. The van der Waals surface area contributed by atoms with Gasteiger partial charge in [0.05, 0.1) is 0 Å². The molecule has 0 aliphatic carbocycles. The Kier molecular flexibility index (Phi) is 2.90. The molecule has 0 bridgehead atoms. The van der Waals surface area contributed by atoms with Crippen LogP contribution in [0.25, 0.3) is 0 Å². The number of nitro benzene ring substituents is 1. The average Bonchev–Trinajstić information content (AvgIpc) is 2.04. The van der Waals surface area contributed by atoms with Gasteiger partial charge in [-0.2, -0.15) is 0 Å². The number of halogens is 3. The molecule has 1 aromatic carbocycles. The molecule has 0 aliphatic rings. The predicted octanol–water partition coefficient (Wildman–Crippen LogP) is 3.04. The second-order valence-corrected chi connectivity index (χ2v) is 4.30. The first kappa shape index (κ1) is 9.30. The summed E-state index contributed by atoms with van der Waals surface area (Å²) in [5, 5.41) is 10.1. The number of benzene rings is 1. The van der Waals surface area contributed by atoms with Crippen molar-refractivity contribution in [1.29, 1.82) is 0 Å². The Morgan fingerprint density at radius 3 is 2.08 bits per heavy atom. The van der Waals surface area contributed by atoms with Crippen LogP contribution in [0.5, 0.6) is 0 Å². The molecule has 0 aliphatic heterocycles. The van der Waals surface area contributed by atoms with Crippen LogP contribution in [0.3, 0.4) is 0 Å². The Morgan fingerprint density at radius 2 is 1.75 bits per heavy atom. The van der Waals surface area contributed by atoms with Gasteiger partial charge in [0.15, 0.2) is 0 Å². The van der Waals surface area contributed by atoms with Crippen LogP contribution in [0, 0.1) is 13.7 Å². The summed E-state index contributed by atoms with van der Waals surface area (Å²) in [4.78, 5) is 9.50. The van der Waals surface area contributed by atoms with Gasteiger partial charge in [-0.15, -0.1) is 0 Å². The van der Waals surface area contributed by atoms with Gasteiger partial charge in [0, 0.05) is 0 Å². The topological polar surface area (TPSA) is 43.1 Å². The summed E-state index contributed by atoms with van der Waals surface area (Å²) in [6, 6.07) is 4.42. The summed E-state index contributed by atoms with van der Waals surface area (Å²) in [5.41, 5.74) is -0.156. The molecular weight excluding hydrogens is 283 g/mol. The van der Waals surface area contributed by atoms with Crippen molar-refractivity contribution in [2.24, 2.45) is 0 Å². The number of nitrogens with zero attached hydrogens (tertiary/aromatic N) is 1.